The lowest BCUT2D eigenvalue weighted by atomic mass is 9.93. The van der Waals surface area contributed by atoms with Crippen LogP contribution in [-0.2, 0) is 11.3 Å². The van der Waals surface area contributed by atoms with Crippen LogP contribution in [0.15, 0.2) is 36.9 Å². The van der Waals surface area contributed by atoms with E-state index < -0.39 is 0 Å². The Morgan fingerprint density at radius 3 is 2.55 bits per heavy atom. The number of piperidine rings is 1. The number of likely N-dealkylation sites (tertiary alicyclic amines) is 1. The molecule has 0 unspecified atom stereocenters. The fourth-order valence-electron chi connectivity index (χ4n) is 3.96. The number of carbonyl (C=O) groups is 2. The van der Waals surface area contributed by atoms with Gasteiger partial charge < -0.3 is 14.8 Å². The van der Waals surface area contributed by atoms with Crippen molar-refractivity contribution < 1.29 is 9.59 Å². The maximum absolute atomic E-state index is 13.0. The van der Waals surface area contributed by atoms with Crippen molar-refractivity contribution in [2.24, 2.45) is 5.92 Å². The van der Waals surface area contributed by atoms with Crippen LogP contribution in [0, 0.1) is 19.8 Å². The highest BCUT2D eigenvalue weighted by Crippen LogP contribution is 2.23. The minimum atomic E-state index is 0.0187. The van der Waals surface area contributed by atoms with Crippen molar-refractivity contribution in [2.75, 3.05) is 19.6 Å². The second kappa shape index (κ2) is 9.24. The van der Waals surface area contributed by atoms with E-state index in [1.807, 2.05) is 47.7 Å². The van der Waals surface area contributed by atoms with E-state index in [4.69, 9.17) is 0 Å². The Morgan fingerprint density at radius 1 is 1.10 bits per heavy atom. The number of carbonyl (C=O) groups excluding carboxylic acids is 2. The summed E-state index contributed by atoms with van der Waals surface area (Å²) in [6.45, 7) is 6.51. The molecule has 0 bridgehead atoms. The van der Waals surface area contributed by atoms with Crippen LogP contribution < -0.4 is 5.32 Å². The van der Waals surface area contributed by atoms with Gasteiger partial charge in [0.05, 0.1) is 28.7 Å². The van der Waals surface area contributed by atoms with E-state index in [2.05, 4.69) is 20.3 Å². The summed E-state index contributed by atoms with van der Waals surface area (Å²) in [7, 11) is 0. The molecule has 1 saturated heterocycles. The molecular formula is C23H28N6O2. The van der Waals surface area contributed by atoms with Gasteiger partial charge >= 0.3 is 0 Å². The summed E-state index contributed by atoms with van der Waals surface area (Å²) in [5.41, 5.74) is 3.97. The summed E-state index contributed by atoms with van der Waals surface area (Å²) in [5, 5.41) is 2.97. The quantitative estimate of drug-likeness (QED) is 0.661. The Bertz CT molecular complexity index is 1070. The summed E-state index contributed by atoms with van der Waals surface area (Å²) in [6.07, 6.45) is 7.53. The highest BCUT2D eigenvalue weighted by Gasteiger charge is 2.25. The van der Waals surface area contributed by atoms with E-state index >= 15 is 0 Å². The van der Waals surface area contributed by atoms with E-state index in [0.717, 1.165) is 35.3 Å². The standard InChI is InChI=1S/C23H28N6O2/c1-16-17(2)27-21-14-19(3-4-20(21)26-16)23(31)29-9-5-18(6-10-29)13-22(30)25-8-12-28-11-7-24-15-28/h3-4,7,11,14-15,18H,5-6,8-10,12-13H2,1-2H3,(H,25,30). The molecule has 0 atom stereocenters. The monoisotopic (exact) mass is 420 g/mol. The van der Waals surface area contributed by atoms with Gasteiger partial charge in [-0.2, -0.15) is 0 Å². The normalized spacial score (nSPS) is 14.7. The minimum Gasteiger partial charge on any atom is -0.354 e. The van der Waals surface area contributed by atoms with Gasteiger partial charge in [-0.05, 0) is 50.8 Å². The molecule has 1 aromatic carbocycles. The van der Waals surface area contributed by atoms with Crippen molar-refractivity contribution in [3.63, 3.8) is 0 Å². The predicted molar refractivity (Wildman–Crippen MR) is 117 cm³/mol. The number of nitrogens with zero attached hydrogens (tertiary/aromatic N) is 5. The lowest BCUT2D eigenvalue weighted by molar-refractivity contribution is -0.122. The molecule has 0 spiro atoms. The SMILES string of the molecule is Cc1nc2ccc(C(=O)N3CCC(CC(=O)NCCn4ccnc4)CC3)cc2nc1C. The molecule has 31 heavy (non-hydrogen) atoms. The van der Waals surface area contributed by atoms with Crippen LogP contribution in [0.1, 0.15) is 41.0 Å². The average molecular weight is 421 g/mol. The van der Waals surface area contributed by atoms with Crippen molar-refractivity contribution >= 4 is 22.8 Å². The highest BCUT2D eigenvalue weighted by atomic mass is 16.2. The van der Waals surface area contributed by atoms with Crippen LogP contribution in [0.25, 0.3) is 11.0 Å². The van der Waals surface area contributed by atoms with Gasteiger partial charge in [-0.25, -0.2) is 15.0 Å². The second-order valence-corrected chi connectivity index (χ2v) is 8.19. The van der Waals surface area contributed by atoms with Crippen LogP contribution in [0.5, 0.6) is 0 Å². The van der Waals surface area contributed by atoms with Gasteiger partial charge in [-0.1, -0.05) is 0 Å². The van der Waals surface area contributed by atoms with Gasteiger partial charge in [0.15, 0.2) is 0 Å². The summed E-state index contributed by atoms with van der Waals surface area (Å²) >= 11 is 0. The topological polar surface area (TPSA) is 93.0 Å². The zero-order valence-corrected chi connectivity index (χ0v) is 18.0. The van der Waals surface area contributed by atoms with Crippen LogP contribution in [0.2, 0.25) is 0 Å². The van der Waals surface area contributed by atoms with Crippen LogP contribution in [0.4, 0.5) is 0 Å². The lowest BCUT2D eigenvalue weighted by Gasteiger charge is -2.32. The lowest BCUT2D eigenvalue weighted by Crippen LogP contribution is -2.39. The van der Waals surface area contributed by atoms with Crippen LogP contribution >= 0.6 is 0 Å². The van der Waals surface area contributed by atoms with E-state index in [9.17, 15) is 9.59 Å². The van der Waals surface area contributed by atoms with Gasteiger partial charge in [0.25, 0.3) is 5.91 Å². The van der Waals surface area contributed by atoms with Crippen molar-refractivity contribution in [2.45, 2.75) is 39.7 Å². The Hall–Kier alpha value is -3.29. The first-order valence-electron chi connectivity index (χ1n) is 10.8. The first-order valence-corrected chi connectivity index (χ1v) is 10.8. The molecule has 4 rings (SSSR count). The molecule has 3 heterocycles. The number of fused-ring (bicyclic) bond motifs is 1. The molecule has 8 nitrogen and oxygen atoms in total. The molecule has 162 valence electrons. The molecule has 0 radical (unpaired) electrons. The molecule has 1 N–H and O–H groups in total. The van der Waals surface area contributed by atoms with E-state index in [1.54, 1.807) is 12.5 Å². The zero-order chi connectivity index (χ0) is 21.8. The predicted octanol–water partition coefficient (Wildman–Crippen LogP) is 2.50. The Kier molecular flexibility index (Phi) is 6.25. The fourth-order valence-corrected chi connectivity index (χ4v) is 3.96. The molecule has 1 fully saturated rings. The molecule has 2 aromatic heterocycles. The van der Waals surface area contributed by atoms with E-state index in [1.165, 1.54) is 0 Å². The number of hydrogen-bond donors (Lipinski definition) is 1. The zero-order valence-electron chi connectivity index (χ0n) is 18.0. The van der Waals surface area contributed by atoms with Gasteiger partial charge in [-0.15, -0.1) is 0 Å². The number of imidazole rings is 1. The molecule has 8 heteroatoms. The van der Waals surface area contributed by atoms with Crippen molar-refractivity contribution in [3.8, 4) is 0 Å². The van der Waals surface area contributed by atoms with Crippen molar-refractivity contribution in [3.05, 3.63) is 53.9 Å². The van der Waals surface area contributed by atoms with Gasteiger partial charge in [0.2, 0.25) is 5.91 Å². The Morgan fingerprint density at radius 2 is 1.84 bits per heavy atom. The number of rotatable bonds is 6. The number of nitrogens with one attached hydrogen (secondary N) is 1. The molecule has 1 aliphatic heterocycles. The number of aryl methyl sites for hydroxylation is 2. The summed E-state index contributed by atoms with van der Waals surface area (Å²) in [4.78, 5) is 40.2. The van der Waals surface area contributed by atoms with E-state index in [-0.39, 0.29) is 11.8 Å². The largest absolute Gasteiger partial charge is 0.354 e. The number of benzene rings is 1. The van der Waals surface area contributed by atoms with Crippen LogP contribution in [0.3, 0.4) is 0 Å². The summed E-state index contributed by atoms with van der Waals surface area (Å²) in [6, 6.07) is 5.52. The molecule has 1 aliphatic rings. The first kappa shape index (κ1) is 21.0. The highest BCUT2D eigenvalue weighted by molar-refractivity contribution is 5.97. The van der Waals surface area contributed by atoms with Crippen molar-refractivity contribution in [1.29, 1.82) is 0 Å². The van der Waals surface area contributed by atoms with Gasteiger partial charge in [0.1, 0.15) is 0 Å². The van der Waals surface area contributed by atoms with E-state index in [0.29, 0.717) is 44.1 Å². The molecule has 0 aliphatic carbocycles. The Balaban J connectivity index is 1.27. The molecule has 0 saturated carbocycles. The first-order chi connectivity index (χ1) is 15.0. The second-order valence-electron chi connectivity index (χ2n) is 8.19. The average Bonchev–Trinajstić information content (AvgIpc) is 3.28. The van der Waals surface area contributed by atoms with Gasteiger partial charge in [-0.3, -0.25) is 9.59 Å². The van der Waals surface area contributed by atoms with Gasteiger partial charge in [0, 0.05) is 50.6 Å². The maximum atomic E-state index is 13.0. The molecule has 3 aromatic rings. The maximum Gasteiger partial charge on any atom is 0.253 e. The summed E-state index contributed by atoms with van der Waals surface area (Å²) in [5.74, 6) is 0.402. The number of hydrogen-bond acceptors (Lipinski definition) is 5. The van der Waals surface area contributed by atoms with Crippen LogP contribution in [-0.4, -0.2) is 55.9 Å². The number of amides is 2. The number of aromatic nitrogens is 4. The summed E-state index contributed by atoms with van der Waals surface area (Å²) < 4.78 is 1.94. The third kappa shape index (κ3) is 5.07. The third-order valence-electron chi connectivity index (χ3n) is 5.95. The molecule has 2 amide bonds. The smallest absolute Gasteiger partial charge is 0.253 e. The van der Waals surface area contributed by atoms with Crippen molar-refractivity contribution in [1.82, 2.24) is 29.7 Å². The Labute approximate surface area is 181 Å². The minimum absolute atomic E-state index is 0.0187. The fraction of sp³-hybridized carbons (Fsp3) is 0.435. The third-order valence-corrected chi connectivity index (χ3v) is 5.95. The molecular weight excluding hydrogens is 392 g/mol.